The SMILES string of the molecule is CCCCC(=O)Oc1c(C)csc1C(=O)C(F)(F)F. The minimum absolute atomic E-state index is 0.117. The van der Waals surface area contributed by atoms with Gasteiger partial charge in [0.1, 0.15) is 4.88 Å². The fourth-order valence-electron chi connectivity index (χ4n) is 1.33. The van der Waals surface area contributed by atoms with E-state index in [1.165, 1.54) is 12.3 Å². The Morgan fingerprint density at radius 1 is 1.37 bits per heavy atom. The number of carbonyl (C=O) groups excluding carboxylic acids is 2. The third-order valence-corrected chi connectivity index (χ3v) is 3.41. The molecule has 0 spiro atoms. The molecule has 0 atom stereocenters. The fourth-order valence-corrected chi connectivity index (χ4v) is 2.27. The molecule has 0 saturated heterocycles. The Kier molecular flexibility index (Phi) is 5.11. The Morgan fingerprint density at radius 3 is 2.53 bits per heavy atom. The van der Waals surface area contributed by atoms with Crippen LogP contribution in [0.25, 0.3) is 0 Å². The van der Waals surface area contributed by atoms with Crippen LogP contribution in [0.1, 0.15) is 41.4 Å². The molecule has 0 saturated carbocycles. The van der Waals surface area contributed by atoms with Crippen LogP contribution in [-0.4, -0.2) is 17.9 Å². The van der Waals surface area contributed by atoms with Crippen molar-refractivity contribution in [2.75, 3.05) is 0 Å². The van der Waals surface area contributed by atoms with E-state index in [9.17, 15) is 22.8 Å². The first-order valence-corrected chi connectivity index (χ1v) is 6.55. The Balaban J connectivity index is 2.93. The summed E-state index contributed by atoms with van der Waals surface area (Å²) in [4.78, 5) is 22.1. The number of hydrogen-bond donors (Lipinski definition) is 0. The highest BCUT2D eigenvalue weighted by molar-refractivity contribution is 7.12. The van der Waals surface area contributed by atoms with E-state index >= 15 is 0 Å². The maximum Gasteiger partial charge on any atom is 0.455 e. The minimum Gasteiger partial charge on any atom is -0.425 e. The van der Waals surface area contributed by atoms with E-state index in [1.807, 2.05) is 6.92 Å². The maximum atomic E-state index is 12.4. The topological polar surface area (TPSA) is 43.4 Å². The fraction of sp³-hybridized carbons (Fsp3) is 0.500. The third kappa shape index (κ3) is 4.05. The first kappa shape index (κ1) is 15.7. The molecule has 3 nitrogen and oxygen atoms in total. The number of thiophene rings is 1. The van der Waals surface area contributed by atoms with Gasteiger partial charge in [-0.3, -0.25) is 9.59 Å². The summed E-state index contributed by atoms with van der Waals surface area (Å²) >= 11 is 0.630. The van der Waals surface area contributed by atoms with Crippen molar-refractivity contribution in [2.24, 2.45) is 0 Å². The zero-order valence-electron chi connectivity index (χ0n) is 10.5. The summed E-state index contributed by atoms with van der Waals surface area (Å²) in [5.74, 6) is -2.88. The summed E-state index contributed by atoms with van der Waals surface area (Å²) in [6, 6.07) is 0. The predicted octanol–water partition coefficient (Wildman–Crippen LogP) is 3.90. The molecular formula is C12H13F3O3S. The molecule has 1 rings (SSSR count). The summed E-state index contributed by atoms with van der Waals surface area (Å²) in [6.45, 7) is 3.37. The molecule has 106 valence electrons. The molecule has 19 heavy (non-hydrogen) atoms. The number of halogens is 3. The zero-order valence-corrected chi connectivity index (χ0v) is 11.3. The summed E-state index contributed by atoms with van der Waals surface area (Å²) in [6.07, 6.45) is -3.50. The van der Waals surface area contributed by atoms with Gasteiger partial charge in [0.25, 0.3) is 5.78 Å². The summed E-state index contributed by atoms with van der Waals surface area (Å²) < 4.78 is 42.0. The van der Waals surface area contributed by atoms with E-state index < -0.39 is 22.8 Å². The highest BCUT2D eigenvalue weighted by Crippen LogP contribution is 2.35. The van der Waals surface area contributed by atoms with Crippen LogP contribution in [0.5, 0.6) is 5.75 Å². The maximum absolute atomic E-state index is 12.4. The lowest BCUT2D eigenvalue weighted by atomic mass is 10.2. The molecule has 1 aromatic rings. The van der Waals surface area contributed by atoms with E-state index in [2.05, 4.69) is 0 Å². The summed E-state index contributed by atoms with van der Waals surface area (Å²) in [5, 5.41) is 1.36. The molecule has 0 aliphatic carbocycles. The molecule has 0 aliphatic rings. The number of rotatable bonds is 5. The van der Waals surface area contributed by atoms with Gasteiger partial charge in [0, 0.05) is 12.0 Å². The van der Waals surface area contributed by atoms with Crippen LogP contribution >= 0.6 is 11.3 Å². The number of unbranched alkanes of at least 4 members (excludes halogenated alkanes) is 1. The number of carbonyl (C=O) groups is 2. The van der Waals surface area contributed by atoms with Gasteiger partial charge in [0.05, 0.1) is 0 Å². The summed E-state index contributed by atoms with van der Waals surface area (Å²) in [7, 11) is 0. The van der Waals surface area contributed by atoms with Gasteiger partial charge < -0.3 is 4.74 Å². The number of alkyl halides is 3. The first-order chi connectivity index (χ1) is 8.77. The van der Waals surface area contributed by atoms with Crippen LogP contribution in [0.15, 0.2) is 5.38 Å². The predicted molar refractivity (Wildman–Crippen MR) is 64.6 cm³/mol. The minimum atomic E-state index is -4.97. The number of Topliss-reactive ketones (excluding diaryl/α,β-unsaturated/α-hetero) is 1. The average molecular weight is 294 g/mol. The van der Waals surface area contributed by atoms with Crippen molar-refractivity contribution in [1.82, 2.24) is 0 Å². The molecule has 0 N–H and O–H groups in total. The average Bonchev–Trinajstić information content (AvgIpc) is 2.66. The van der Waals surface area contributed by atoms with Gasteiger partial charge in [-0.05, 0) is 18.7 Å². The second kappa shape index (κ2) is 6.18. The third-order valence-electron chi connectivity index (χ3n) is 2.33. The quantitative estimate of drug-likeness (QED) is 0.611. The van der Waals surface area contributed by atoms with E-state index in [-0.39, 0.29) is 12.2 Å². The lowest BCUT2D eigenvalue weighted by molar-refractivity contribution is -0.134. The van der Waals surface area contributed by atoms with Crippen LogP contribution in [0.3, 0.4) is 0 Å². The van der Waals surface area contributed by atoms with Crippen molar-refractivity contribution < 1.29 is 27.5 Å². The van der Waals surface area contributed by atoms with Gasteiger partial charge in [0.2, 0.25) is 0 Å². The van der Waals surface area contributed by atoms with E-state index in [0.717, 1.165) is 6.42 Å². The molecule has 0 radical (unpaired) electrons. The van der Waals surface area contributed by atoms with Crippen LogP contribution in [0.2, 0.25) is 0 Å². The molecule has 0 aliphatic heterocycles. The Bertz CT molecular complexity index is 477. The largest absolute Gasteiger partial charge is 0.455 e. The van der Waals surface area contributed by atoms with E-state index in [4.69, 9.17) is 4.74 Å². The zero-order chi connectivity index (χ0) is 14.6. The molecule has 0 aromatic carbocycles. The number of esters is 1. The van der Waals surface area contributed by atoms with Gasteiger partial charge in [-0.15, -0.1) is 11.3 Å². The molecule has 0 unspecified atom stereocenters. The Labute approximate surface area is 112 Å². The highest BCUT2D eigenvalue weighted by Gasteiger charge is 2.42. The molecular weight excluding hydrogens is 281 g/mol. The summed E-state index contributed by atoms with van der Waals surface area (Å²) in [5.41, 5.74) is 0.349. The van der Waals surface area contributed by atoms with Crippen molar-refractivity contribution in [3.05, 3.63) is 15.8 Å². The lowest BCUT2D eigenvalue weighted by Crippen LogP contribution is -2.23. The highest BCUT2D eigenvalue weighted by atomic mass is 32.1. The smallest absolute Gasteiger partial charge is 0.425 e. The molecule has 1 aromatic heterocycles. The van der Waals surface area contributed by atoms with Gasteiger partial charge in [-0.2, -0.15) is 13.2 Å². The lowest BCUT2D eigenvalue weighted by Gasteiger charge is -2.08. The second-order valence-electron chi connectivity index (χ2n) is 3.98. The first-order valence-electron chi connectivity index (χ1n) is 5.67. The van der Waals surface area contributed by atoms with Gasteiger partial charge in [0.15, 0.2) is 5.75 Å². The molecule has 0 amide bonds. The van der Waals surface area contributed by atoms with E-state index in [1.54, 1.807) is 0 Å². The van der Waals surface area contributed by atoms with Crippen LogP contribution in [0.4, 0.5) is 13.2 Å². The van der Waals surface area contributed by atoms with Crippen LogP contribution in [0, 0.1) is 6.92 Å². The number of ketones is 1. The Morgan fingerprint density at radius 2 is 2.00 bits per heavy atom. The molecule has 1 heterocycles. The van der Waals surface area contributed by atoms with Gasteiger partial charge in [-0.25, -0.2) is 0 Å². The van der Waals surface area contributed by atoms with Crippen molar-refractivity contribution in [1.29, 1.82) is 0 Å². The van der Waals surface area contributed by atoms with Crippen LogP contribution < -0.4 is 4.74 Å². The van der Waals surface area contributed by atoms with E-state index in [0.29, 0.717) is 23.3 Å². The monoisotopic (exact) mass is 294 g/mol. The van der Waals surface area contributed by atoms with Crippen molar-refractivity contribution >= 4 is 23.1 Å². The molecule has 7 heteroatoms. The molecule has 0 bridgehead atoms. The van der Waals surface area contributed by atoms with Crippen molar-refractivity contribution in [3.63, 3.8) is 0 Å². The number of ether oxygens (including phenoxy) is 1. The number of hydrogen-bond acceptors (Lipinski definition) is 4. The Hall–Kier alpha value is -1.37. The normalized spacial score (nSPS) is 11.4. The second-order valence-corrected chi connectivity index (χ2v) is 4.86. The van der Waals surface area contributed by atoms with Gasteiger partial charge >= 0.3 is 12.1 Å². The number of aryl methyl sites for hydroxylation is 1. The van der Waals surface area contributed by atoms with Crippen molar-refractivity contribution in [2.45, 2.75) is 39.3 Å². The van der Waals surface area contributed by atoms with Gasteiger partial charge in [-0.1, -0.05) is 13.3 Å². The van der Waals surface area contributed by atoms with Crippen LogP contribution in [-0.2, 0) is 4.79 Å². The standard InChI is InChI=1S/C12H13F3O3S/c1-3-4-5-8(16)18-9-7(2)6-19-10(9)11(17)12(13,14)15/h6H,3-5H2,1-2H3. The molecule has 0 fully saturated rings. The van der Waals surface area contributed by atoms with Crippen molar-refractivity contribution in [3.8, 4) is 5.75 Å².